The molecule has 1 saturated carbocycles. The minimum Gasteiger partial charge on any atom is -0.396 e. The first-order chi connectivity index (χ1) is 12.2. The van der Waals surface area contributed by atoms with E-state index in [1.807, 2.05) is 40.6 Å². The predicted molar refractivity (Wildman–Crippen MR) is 96.3 cm³/mol. The molecule has 2 aromatic rings. The van der Waals surface area contributed by atoms with Gasteiger partial charge in [0.2, 0.25) is 5.91 Å². The van der Waals surface area contributed by atoms with Crippen molar-refractivity contribution < 1.29 is 14.6 Å². The van der Waals surface area contributed by atoms with Crippen LogP contribution in [0, 0.1) is 5.92 Å². The molecular weight excluding hydrogens is 336 g/mol. The van der Waals surface area contributed by atoms with Crippen LogP contribution in [-0.4, -0.2) is 52.8 Å². The number of aliphatic hydroxyl groups excluding tert-OH is 1. The van der Waals surface area contributed by atoms with Gasteiger partial charge >= 0.3 is 0 Å². The van der Waals surface area contributed by atoms with Crippen molar-refractivity contribution in [3.8, 4) is 10.6 Å². The Morgan fingerprint density at radius 3 is 2.96 bits per heavy atom. The molecule has 1 N–H and O–H groups in total. The molecule has 2 aliphatic rings. The van der Waals surface area contributed by atoms with Crippen LogP contribution < -0.4 is 0 Å². The highest BCUT2D eigenvalue weighted by Gasteiger charge is 2.42. The molecule has 1 aliphatic heterocycles. The number of hydrogen-bond donors (Lipinski definition) is 1. The van der Waals surface area contributed by atoms with Gasteiger partial charge < -0.3 is 14.7 Å². The van der Waals surface area contributed by atoms with Gasteiger partial charge in [0.1, 0.15) is 5.01 Å². The first-order valence-corrected chi connectivity index (χ1v) is 9.64. The standard InChI is InChI=1S/C19H22N2O3S/c22-11-13-8-16-17(9-13)24-7-6-21(16)18(23)10-15-12-25-19(20-15)14-4-2-1-3-5-14/h1-5,12-13,16-17,22H,6-11H2/t13-,16+,17+/m1/s1. The van der Waals surface area contributed by atoms with Crippen molar-refractivity contribution in [1.29, 1.82) is 0 Å². The molecule has 5 nitrogen and oxygen atoms in total. The summed E-state index contributed by atoms with van der Waals surface area (Å²) in [5.74, 6) is 0.356. The highest BCUT2D eigenvalue weighted by molar-refractivity contribution is 7.13. The molecule has 0 bridgehead atoms. The number of carbonyl (C=O) groups is 1. The number of carbonyl (C=O) groups excluding carboxylic acids is 1. The number of rotatable bonds is 4. The van der Waals surface area contributed by atoms with Gasteiger partial charge in [-0.25, -0.2) is 4.98 Å². The SMILES string of the molecule is O=C(Cc1csc(-c2ccccc2)n1)N1CCO[C@H]2C[C@H](CO)C[C@@H]21. The fourth-order valence-electron chi connectivity index (χ4n) is 3.87. The second-order valence-corrected chi connectivity index (χ2v) is 7.63. The maximum Gasteiger partial charge on any atom is 0.229 e. The number of fused-ring (bicyclic) bond motifs is 1. The average molecular weight is 358 g/mol. The van der Waals surface area contributed by atoms with E-state index in [-0.39, 0.29) is 30.6 Å². The van der Waals surface area contributed by atoms with Crippen LogP contribution >= 0.6 is 11.3 Å². The monoisotopic (exact) mass is 358 g/mol. The summed E-state index contributed by atoms with van der Waals surface area (Å²) in [5, 5.41) is 12.3. The molecule has 0 spiro atoms. The Hall–Kier alpha value is -1.76. The van der Waals surface area contributed by atoms with Gasteiger partial charge in [0, 0.05) is 24.1 Å². The summed E-state index contributed by atoms with van der Waals surface area (Å²) >= 11 is 1.58. The van der Waals surface area contributed by atoms with Crippen LogP contribution in [0.15, 0.2) is 35.7 Å². The summed E-state index contributed by atoms with van der Waals surface area (Å²) in [6, 6.07) is 10.1. The number of ether oxygens (including phenoxy) is 1. The number of benzene rings is 1. The predicted octanol–water partition coefficient (Wildman–Crippen LogP) is 2.35. The molecule has 132 valence electrons. The van der Waals surface area contributed by atoms with Crippen LogP contribution in [0.25, 0.3) is 10.6 Å². The number of hydrogen-bond acceptors (Lipinski definition) is 5. The highest BCUT2D eigenvalue weighted by atomic mass is 32.1. The Morgan fingerprint density at radius 1 is 1.32 bits per heavy atom. The highest BCUT2D eigenvalue weighted by Crippen LogP contribution is 2.34. The third-order valence-electron chi connectivity index (χ3n) is 5.12. The summed E-state index contributed by atoms with van der Waals surface area (Å²) in [6.45, 7) is 1.39. The zero-order valence-electron chi connectivity index (χ0n) is 14.0. The van der Waals surface area contributed by atoms with E-state index in [0.717, 1.165) is 29.1 Å². The van der Waals surface area contributed by atoms with Gasteiger partial charge in [-0.3, -0.25) is 4.79 Å². The molecule has 0 unspecified atom stereocenters. The largest absolute Gasteiger partial charge is 0.396 e. The summed E-state index contributed by atoms with van der Waals surface area (Å²) in [7, 11) is 0. The van der Waals surface area contributed by atoms with Gasteiger partial charge in [0.15, 0.2) is 0 Å². The Kier molecular flexibility index (Phi) is 4.83. The van der Waals surface area contributed by atoms with Gasteiger partial charge in [-0.05, 0) is 18.8 Å². The molecule has 1 aromatic carbocycles. The van der Waals surface area contributed by atoms with E-state index in [0.29, 0.717) is 19.6 Å². The molecule has 4 rings (SSSR count). The minimum atomic E-state index is 0.0742. The Labute approximate surface area is 151 Å². The third kappa shape index (κ3) is 3.47. The molecule has 2 heterocycles. The smallest absolute Gasteiger partial charge is 0.229 e. The quantitative estimate of drug-likeness (QED) is 0.911. The number of morpholine rings is 1. The molecule has 6 heteroatoms. The third-order valence-corrected chi connectivity index (χ3v) is 6.06. The first kappa shape index (κ1) is 16.7. The zero-order valence-corrected chi connectivity index (χ0v) is 14.8. The minimum absolute atomic E-state index is 0.0742. The summed E-state index contributed by atoms with van der Waals surface area (Å²) in [5.41, 5.74) is 1.91. The van der Waals surface area contributed by atoms with Crippen molar-refractivity contribution in [3.63, 3.8) is 0 Å². The molecule has 1 aliphatic carbocycles. The van der Waals surface area contributed by atoms with Gasteiger partial charge in [0.25, 0.3) is 0 Å². The van der Waals surface area contributed by atoms with Gasteiger partial charge in [-0.1, -0.05) is 30.3 Å². The fourth-order valence-corrected chi connectivity index (χ4v) is 4.69. The molecule has 25 heavy (non-hydrogen) atoms. The Bertz CT molecular complexity index is 733. The lowest BCUT2D eigenvalue weighted by Gasteiger charge is -2.37. The number of aromatic nitrogens is 1. The van der Waals surface area contributed by atoms with Crippen LogP contribution in [0.4, 0.5) is 0 Å². The second-order valence-electron chi connectivity index (χ2n) is 6.77. The number of aliphatic hydroxyl groups is 1. The van der Waals surface area contributed by atoms with Crippen molar-refractivity contribution in [2.24, 2.45) is 5.92 Å². The average Bonchev–Trinajstić information content (AvgIpc) is 3.28. The normalized spacial score (nSPS) is 25.8. The number of nitrogens with zero attached hydrogens (tertiary/aromatic N) is 2. The fraction of sp³-hybridized carbons (Fsp3) is 0.474. The number of thiazole rings is 1. The summed E-state index contributed by atoms with van der Waals surface area (Å²) in [6.07, 6.45) is 2.08. The van der Waals surface area contributed by atoms with Gasteiger partial charge in [0.05, 0.1) is 30.9 Å². The van der Waals surface area contributed by atoms with Crippen molar-refractivity contribution >= 4 is 17.2 Å². The summed E-state index contributed by atoms with van der Waals surface area (Å²) < 4.78 is 5.81. The maximum absolute atomic E-state index is 12.8. The van der Waals surface area contributed by atoms with E-state index >= 15 is 0 Å². The van der Waals surface area contributed by atoms with Crippen LogP contribution in [0.5, 0.6) is 0 Å². The number of amides is 1. The Morgan fingerprint density at radius 2 is 2.16 bits per heavy atom. The van der Waals surface area contributed by atoms with Crippen molar-refractivity contribution in [1.82, 2.24) is 9.88 Å². The van der Waals surface area contributed by atoms with Crippen molar-refractivity contribution in [3.05, 3.63) is 41.4 Å². The van der Waals surface area contributed by atoms with E-state index in [9.17, 15) is 9.90 Å². The van der Waals surface area contributed by atoms with E-state index in [1.54, 1.807) is 11.3 Å². The maximum atomic E-state index is 12.8. The molecule has 1 aromatic heterocycles. The summed E-state index contributed by atoms with van der Waals surface area (Å²) in [4.78, 5) is 19.4. The van der Waals surface area contributed by atoms with Crippen LogP contribution in [-0.2, 0) is 16.0 Å². The molecule has 0 radical (unpaired) electrons. The molecule has 1 saturated heterocycles. The lowest BCUT2D eigenvalue weighted by Crippen LogP contribution is -2.51. The van der Waals surface area contributed by atoms with E-state index < -0.39 is 0 Å². The van der Waals surface area contributed by atoms with Crippen LogP contribution in [0.3, 0.4) is 0 Å². The van der Waals surface area contributed by atoms with Crippen LogP contribution in [0.2, 0.25) is 0 Å². The Balaban J connectivity index is 1.44. The van der Waals surface area contributed by atoms with E-state index in [2.05, 4.69) is 4.98 Å². The van der Waals surface area contributed by atoms with E-state index in [4.69, 9.17) is 4.74 Å². The molecular formula is C19H22N2O3S. The lowest BCUT2D eigenvalue weighted by atomic mass is 10.1. The molecule has 2 fully saturated rings. The first-order valence-electron chi connectivity index (χ1n) is 8.76. The molecule has 1 amide bonds. The van der Waals surface area contributed by atoms with Gasteiger partial charge in [-0.2, -0.15) is 0 Å². The van der Waals surface area contributed by atoms with Gasteiger partial charge in [-0.15, -0.1) is 11.3 Å². The zero-order chi connectivity index (χ0) is 17.2. The second kappa shape index (κ2) is 7.23. The van der Waals surface area contributed by atoms with Crippen molar-refractivity contribution in [2.45, 2.75) is 31.4 Å². The molecule has 3 atom stereocenters. The topological polar surface area (TPSA) is 62.7 Å². The van der Waals surface area contributed by atoms with Crippen LogP contribution in [0.1, 0.15) is 18.5 Å². The van der Waals surface area contributed by atoms with Crippen molar-refractivity contribution in [2.75, 3.05) is 19.8 Å². The lowest BCUT2D eigenvalue weighted by molar-refractivity contribution is -0.143. The van der Waals surface area contributed by atoms with E-state index in [1.165, 1.54) is 0 Å².